The summed E-state index contributed by atoms with van der Waals surface area (Å²) in [5, 5.41) is 0. The largest absolute Gasteiger partial charge is 0.443 e. The Bertz CT molecular complexity index is 276. The number of nitrogens with zero attached hydrogens (tertiary/aromatic N) is 1. The number of imide groups is 1. The van der Waals surface area contributed by atoms with Gasteiger partial charge in [0.2, 0.25) is 0 Å². The quantitative estimate of drug-likeness (QED) is 0.788. The summed E-state index contributed by atoms with van der Waals surface area (Å²) in [6.07, 6.45) is -1.43. The molecule has 0 radical (unpaired) electrons. The van der Waals surface area contributed by atoms with Crippen LogP contribution in [0.15, 0.2) is 0 Å². The minimum Gasteiger partial charge on any atom is -0.443 e. The number of carbonyl (C=O) groups excluding carboxylic acids is 2. The summed E-state index contributed by atoms with van der Waals surface area (Å²) in [7, 11) is 0. The lowest BCUT2D eigenvalue weighted by atomic mass is 10.2. The fraction of sp³-hybridized carbons (Fsp3) is 0.833. The predicted octanol–water partition coefficient (Wildman–Crippen LogP) is 3.09. The van der Waals surface area contributed by atoms with Crippen LogP contribution in [-0.2, 0) is 9.47 Å². The molecule has 0 fully saturated rings. The van der Waals surface area contributed by atoms with Crippen molar-refractivity contribution in [1.29, 1.82) is 0 Å². The molecular formula is C12H23NO4S. The number of rotatable bonds is 2. The van der Waals surface area contributed by atoms with Gasteiger partial charge in [-0.1, -0.05) is 0 Å². The first-order chi connectivity index (χ1) is 7.96. The minimum absolute atomic E-state index is 0.146. The third-order valence-electron chi connectivity index (χ3n) is 1.55. The van der Waals surface area contributed by atoms with Crippen molar-refractivity contribution < 1.29 is 19.1 Å². The van der Waals surface area contributed by atoms with Crippen LogP contribution in [0.4, 0.5) is 9.59 Å². The van der Waals surface area contributed by atoms with Crippen LogP contribution in [0.3, 0.4) is 0 Å². The normalized spacial score (nSPS) is 11.9. The molecule has 0 saturated heterocycles. The lowest BCUT2D eigenvalue weighted by molar-refractivity contribution is 0.00276. The van der Waals surface area contributed by atoms with Gasteiger partial charge in [-0.25, -0.2) is 14.5 Å². The Kier molecular flexibility index (Phi) is 5.99. The van der Waals surface area contributed by atoms with Gasteiger partial charge < -0.3 is 9.47 Å². The zero-order valence-electron chi connectivity index (χ0n) is 11.9. The summed E-state index contributed by atoms with van der Waals surface area (Å²) in [5.41, 5.74) is -1.32. The molecule has 6 heteroatoms. The van der Waals surface area contributed by atoms with Crippen molar-refractivity contribution in [3.05, 3.63) is 0 Å². The van der Waals surface area contributed by atoms with Gasteiger partial charge in [-0.3, -0.25) is 0 Å². The monoisotopic (exact) mass is 277 g/mol. The molecule has 0 spiro atoms. The first kappa shape index (κ1) is 17.1. The van der Waals surface area contributed by atoms with E-state index in [1.54, 1.807) is 41.5 Å². The summed E-state index contributed by atoms with van der Waals surface area (Å²) in [5.74, 6) is 0.346. The topological polar surface area (TPSA) is 55.8 Å². The number of hydrogen-bond acceptors (Lipinski definition) is 5. The Hall–Kier alpha value is -0.910. The SMILES string of the molecule is CC(C)(C)OC(=O)N(CCS)C(=O)OC(C)(C)C. The van der Waals surface area contributed by atoms with Crippen molar-refractivity contribution in [2.24, 2.45) is 0 Å². The van der Waals surface area contributed by atoms with Crippen LogP contribution in [0.5, 0.6) is 0 Å². The molecule has 0 aliphatic carbocycles. The fourth-order valence-electron chi connectivity index (χ4n) is 0.991. The maximum atomic E-state index is 11.8. The third kappa shape index (κ3) is 7.42. The molecule has 0 N–H and O–H groups in total. The Morgan fingerprint density at radius 1 is 0.944 bits per heavy atom. The maximum Gasteiger partial charge on any atom is 0.419 e. The minimum atomic E-state index is -0.717. The predicted molar refractivity (Wildman–Crippen MR) is 73.0 cm³/mol. The summed E-state index contributed by atoms with van der Waals surface area (Å²) in [6.45, 7) is 10.6. The van der Waals surface area contributed by atoms with Gasteiger partial charge in [-0.15, -0.1) is 0 Å². The maximum absolute atomic E-state index is 11.8. The second-order valence-electron chi connectivity index (χ2n) is 5.84. The lowest BCUT2D eigenvalue weighted by Gasteiger charge is -2.28. The van der Waals surface area contributed by atoms with E-state index in [2.05, 4.69) is 12.6 Å². The van der Waals surface area contributed by atoms with Crippen LogP contribution in [0.2, 0.25) is 0 Å². The van der Waals surface area contributed by atoms with Crippen molar-refractivity contribution in [3.63, 3.8) is 0 Å². The standard InChI is InChI=1S/C12H23NO4S/c1-11(2,3)16-9(14)13(7-8-18)10(15)17-12(4,5)6/h18H,7-8H2,1-6H3. The van der Waals surface area contributed by atoms with Crippen LogP contribution >= 0.6 is 12.6 Å². The van der Waals surface area contributed by atoms with Crippen molar-refractivity contribution in [3.8, 4) is 0 Å². The first-order valence-corrected chi connectivity index (χ1v) is 6.44. The fourth-order valence-corrected chi connectivity index (χ4v) is 1.19. The van der Waals surface area contributed by atoms with Gasteiger partial charge in [0.25, 0.3) is 0 Å². The highest BCUT2D eigenvalue weighted by Gasteiger charge is 2.30. The Morgan fingerprint density at radius 3 is 1.50 bits per heavy atom. The molecule has 0 bridgehead atoms. The molecule has 0 aliphatic rings. The van der Waals surface area contributed by atoms with E-state index < -0.39 is 23.4 Å². The number of carbonyl (C=O) groups is 2. The number of thiol groups is 1. The van der Waals surface area contributed by atoms with Gasteiger partial charge in [-0.2, -0.15) is 12.6 Å². The molecule has 18 heavy (non-hydrogen) atoms. The van der Waals surface area contributed by atoms with Crippen LogP contribution in [0.1, 0.15) is 41.5 Å². The van der Waals surface area contributed by atoms with Crippen molar-refractivity contribution in [2.45, 2.75) is 52.7 Å². The smallest absolute Gasteiger partial charge is 0.419 e. The Labute approximate surface area is 114 Å². The second-order valence-corrected chi connectivity index (χ2v) is 6.28. The zero-order chi connectivity index (χ0) is 14.6. The Balaban J connectivity index is 4.75. The van der Waals surface area contributed by atoms with E-state index >= 15 is 0 Å². The molecule has 0 unspecified atom stereocenters. The lowest BCUT2D eigenvalue weighted by Crippen LogP contribution is -2.44. The van der Waals surface area contributed by atoms with Crippen molar-refractivity contribution in [1.82, 2.24) is 4.90 Å². The summed E-state index contributed by atoms with van der Waals surface area (Å²) in [4.78, 5) is 24.6. The zero-order valence-corrected chi connectivity index (χ0v) is 12.8. The summed E-state index contributed by atoms with van der Waals surface area (Å²) < 4.78 is 10.3. The van der Waals surface area contributed by atoms with E-state index in [4.69, 9.17) is 9.47 Å². The molecule has 0 aliphatic heterocycles. The third-order valence-corrected chi connectivity index (χ3v) is 1.75. The van der Waals surface area contributed by atoms with Gasteiger partial charge in [0.05, 0.1) is 0 Å². The van der Waals surface area contributed by atoms with E-state index in [9.17, 15) is 9.59 Å². The highest BCUT2D eigenvalue weighted by molar-refractivity contribution is 7.80. The van der Waals surface area contributed by atoms with Crippen LogP contribution in [0.25, 0.3) is 0 Å². The second kappa shape index (κ2) is 6.31. The molecule has 0 aromatic carbocycles. The van der Waals surface area contributed by atoms with E-state index in [1.165, 1.54) is 0 Å². The highest BCUT2D eigenvalue weighted by Crippen LogP contribution is 2.14. The average molecular weight is 277 g/mol. The van der Waals surface area contributed by atoms with Crippen LogP contribution in [0, 0.1) is 0 Å². The average Bonchev–Trinajstić information content (AvgIpc) is 2.07. The summed E-state index contributed by atoms with van der Waals surface area (Å²) >= 11 is 4.01. The highest BCUT2D eigenvalue weighted by atomic mass is 32.1. The molecule has 0 atom stereocenters. The van der Waals surface area contributed by atoms with E-state index in [0.717, 1.165) is 4.90 Å². The molecule has 0 saturated carbocycles. The van der Waals surface area contributed by atoms with E-state index in [-0.39, 0.29) is 6.54 Å². The molecule has 0 aromatic heterocycles. The van der Waals surface area contributed by atoms with E-state index in [0.29, 0.717) is 5.75 Å². The van der Waals surface area contributed by atoms with Crippen LogP contribution in [-0.4, -0.2) is 40.6 Å². The first-order valence-electron chi connectivity index (χ1n) is 5.80. The number of amides is 2. The van der Waals surface area contributed by atoms with Gasteiger partial charge in [0.1, 0.15) is 11.2 Å². The number of hydrogen-bond donors (Lipinski definition) is 1. The molecule has 0 rings (SSSR count). The molecule has 0 heterocycles. The van der Waals surface area contributed by atoms with Gasteiger partial charge >= 0.3 is 12.2 Å². The van der Waals surface area contributed by atoms with Gasteiger partial charge in [-0.05, 0) is 41.5 Å². The van der Waals surface area contributed by atoms with Gasteiger partial charge in [0.15, 0.2) is 0 Å². The molecule has 106 valence electrons. The van der Waals surface area contributed by atoms with Crippen molar-refractivity contribution in [2.75, 3.05) is 12.3 Å². The summed E-state index contributed by atoms with van der Waals surface area (Å²) in [6, 6.07) is 0. The molecule has 2 amide bonds. The van der Waals surface area contributed by atoms with Crippen LogP contribution < -0.4 is 0 Å². The molecule has 0 aromatic rings. The Morgan fingerprint density at radius 2 is 1.28 bits per heavy atom. The van der Waals surface area contributed by atoms with Gasteiger partial charge in [0, 0.05) is 12.3 Å². The molecule has 5 nitrogen and oxygen atoms in total. The van der Waals surface area contributed by atoms with Crippen molar-refractivity contribution >= 4 is 24.8 Å². The number of ether oxygens (including phenoxy) is 2. The molecular weight excluding hydrogens is 254 g/mol. The van der Waals surface area contributed by atoms with E-state index in [1.807, 2.05) is 0 Å².